The lowest BCUT2D eigenvalue weighted by Crippen LogP contribution is -2.29. The molecule has 7 N–H and O–H groups in total. The van der Waals surface area contributed by atoms with E-state index in [1.165, 1.54) is 0 Å². The minimum atomic E-state index is -1.08. The summed E-state index contributed by atoms with van der Waals surface area (Å²) in [6.07, 6.45) is 1.57. The molecule has 0 saturated heterocycles. The smallest absolute Gasteiger partial charge is 0.320 e. The van der Waals surface area contributed by atoms with Crippen molar-refractivity contribution in [1.82, 2.24) is 0 Å². The molecule has 8 nitrogen and oxygen atoms in total. The minimum Gasteiger partial charge on any atom is -0.481 e. The molecule has 0 spiro atoms. The van der Waals surface area contributed by atoms with Crippen molar-refractivity contribution in [3.63, 3.8) is 0 Å². The third-order valence-corrected chi connectivity index (χ3v) is 1.84. The molecule has 0 rings (SSSR count). The molecule has 0 aromatic carbocycles. The first-order chi connectivity index (χ1) is 8.31. The molecule has 0 aliphatic heterocycles. The van der Waals surface area contributed by atoms with Gasteiger partial charge in [0, 0.05) is 0 Å². The van der Waals surface area contributed by atoms with Gasteiger partial charge in [-0.15, -0.1) is 12.4 Å². The second kappa shape index (κ2) is 14.7. The molecule has 0 aliphatic rings. The Hall–Kier alpha value is -1.38. The number of carboxylic acid groups (broad SMARTS) is 3. The maximum absolute atomic E-state index is 10.1. The fourth-order valence-corrected chi connectivity index (χ4v) is 0.846. The molecule has 9 heteroatoms. The van der Waals surface area contributed by atoms with Crippen molar-refractivity contribution in [3.8, 4) is 0 Å². The van der Waals surface area contributed by atoms with Gasteiger partial charge in [0.25, 0.3) is 0 Å². The summed E-state index contributed by atoms with van der Waals surface area (Å²) in [5.74, 6) is -3.09. The summed E-state index contributed by atoms with van der Waals surface area (Å²) in [7, 11) is 0. The van der Waals surface area contributed by atoms with E-state index in [-0.39, 0.29) is 25.2 Å². The van der Waals surface area contributed by atoms with Crippen LogP contribution >= 0.6 is 12.4 Å². The monoisotopic (exact) mass is 300 g/mol. The Bertz CT molecular complexity index is 261. The van der Waals surface area contributed by atoms with Crippen LogP contribution < -0.4 is 11.5 Å². The van der Waals surface area contributed by atoms with Crippen LogP contribution in [0.15, 0.2) is 0 Å². The zero-order valence-corrected chi connectivity index (χ0v) is 11.3. The van der Waals surface area contributed by atoms with E-state index in [1.54, 1.807) is 0 Å². The third kappa shape index (κ3) is 22.3. The third-order valence-electron chi connectivity index (χ3n) is 1.84. The number of nitrogens with two attached hydrogens (primary N) is 2. The lowest BCUT2D eigenvalue weighted by molar-refractivity contribution is -0.143. The van der Waals surface area contributed by atoms with E-state index in [1.807, 2.05) is 0 Å². The molecule has 0 saturated carbocycles. The fourth-order valence-electron chi connectivity index (χ4n) is 0.846. The Morgan fingerprint density at radius 2 is 1.37 bits per heavy atom. The van der Waals surface area contributed by atoms with Gasteiger partial charge in [0.2, 0.25) is 0 Å². The van der Waals surface area contributed by atoms with Crippen molar-refractivity contribution < 1.29 is 29.7 Å². The van der Waals surface area contributed by atoms with Crippen LogP contribution in [0.4, 0.5) is 0 Å². The Morgan fingerprint density at radius 1 is 0.947 bits per heavy atom. The van der Waals surface area contributed by atoms with Gasteiger partial charge in [0.1, 0.15) is 6.04 Å². The summed E-state index contributed by atoms with van der Waals surface area (Å²) < 4.78 is 0. The SMILES string of the molecule is Cl.NCCCCC(N)C(=O)O.O=C(O)CCC(=O)O. The molecule has 0 amide bonds. The van der Waals surface area contributed by atoms with Crippen LogP contribution in [0.1, 0.15) is 32.1 Å². The summed E-state index contributed by atoms with van der Waals surface area (Å²) in [6.45, 7) is 0.604. The molecular formula is C10H21ClN2O6. The van der Waals surface area contributed by atoms with Gasteiger partial charge >= 0.3 is 17.9 Å². The number of rotatable bonds is 8. The maximum Gasteiger partial charge on any atom is 0.320 e. The molecule has 0 bridgehead atoms. The molecule has 1 atom stereocenters. The molecule has 0 heterocycles. The Kier molecular flexibility index (Phi) is 17.6. The average molecular weight is 301 g/mol. The first kappa shape index (κ1) is 22.8. The van der Waals surface area contributed by atoms with Crippen LogP contribution in [0.2, 0.25) is 0 Å². The average Bonchev–Trinajstić information content (AvgIpc) is 2.27. The number of aliphatic carboxylic acids is 3. The molecule has 1 unspecified atom stereocenters. The van der Waals surface area contributed by atoms with Crippen molar-refractivity contribution in [1.29, 1.82) is 0 Å². The van der Waals surface area contributed by atoms with Crippen LogP contribution in [-0.2, 0) is 14.4 Å². The predicted molar refractivity (Wildman–Crippen MR) is 70.3 cm³/mol. The van der Waals surface area contributed by atoms with Gasteiger partial charge in [-0.3, -0.25) is 14.4 Å². The van der Waals surface area contributed by atoms with Crippen molar-refractivity contribution in [2.75, 3.05) is 6.54 Å². The van der Waals surface area contributed by atoms with Gasteiger partial charge in [-0.05, 0) is 19.4 Å². The normalized spacial score (nSPS) is 10.4. The first-order valence-corrected chi connectivity index (χ1v) is 5.43. The quantitative estimate of drug-likeness (QED) is 0.387. The molecule has 0 aromatic heterocycles. The van der Waals surface area contributed by atoms with Crippen molar-refractivity contribution >= 4 is 30.3 Å². The molecule has 0 aliphatic carbocycles. The Balaban J connectivity index is -0.000000262. The molecule has 0 radical (unpaired) electrons. The lowest BCUT2D eigenvalue weighted by atomic mass is 10.1. The van der Waals surface area contributed by atoms with Gasteiger partial charge in [0.15, 0.2) is 0 Å². The number of carboxylic acids is 3. The lowest BCUT2D eigenvalue weighted by Gasteiger charge is -2.03. The number of halogens is 1. The zero-order chi connectivity index (χ0) is 14.6. The summed E-state index contributed by atoms with van der Waals surface area (Å²) in [4.78, 5) is 29.4. The number of unbranched alkanes of at least 4 members (excludes halogenated alkanes) is 1. The summed E-state index contributed by atoms with van der Waals surface area (Å²) >= 11 is 0. The van der Waals surface area contributed by atoms with Crippen molar-refractivity contribution in [3.05, 3.63) is 0 Å². The molecule has 0 fully saturated rings. The van der Waals surface area contributed by atoms with Crippen molar-refractivity contribution in [2.24, 2.45) is 11.5 Å². The van der Waals surface area contributed by atoms with Crippen LogP contribution in [0, 0.1) is 0 Å². The number of hydrogen-bond acceptors (Lipinski definition) is 5. The van der Waals surface area contributed by atoms with Crippen LogP contribution in [0.5, 0.6) is 0 Å². The van der Waals surface area contributed by atoms with Crippen molar-refractivity contribution in [2.45, 2.75) is 38.1 Å². The first-order valence-electron chi connectivity index (χ1n) is 5.43. The van der Waals surface area contributed by atoms with Gasteiger partial charge < -0.3 is 26.8 Å². The maximum atomic E-state index is 10.1. The zero-order valence-electron chi connectivity index (χ0n) is 10.4. The molecule has 114 valence electrons. The second-order valence-electron chi connectivity index (χ2n) is 3.52. The van der Waals surface area contributed by atoms with E-state index in [2.05, 4.69) is 0 Å². The minimum absolute atomic E-state index is 0. The second-order valence-corrected chi connectivity index (χ2v) is 3.52. The van der Waals surface area contributed by atoms with E-state index >= 15 is 0 Å². The Morgan fingerprint density at radius 3 is 1.63 bits per heavy atom. The highest BCUT2D eigenvalue weighted by Gasteiger charge is 2.09. The molecular weight excluding hydrogens is 280 g/mol. The summed E-state index contributed by atoms with van der Waals surface area (Å²) in [6, 6.07) is -0.716. The van der Waals surface area contributed by atoms with Gasteiger partial charge in [0.05, 0.1) is 12.8 Å². The van der Waals surface area contributed by atoms with E-state index in [0.29, 0.717) is 13.0 Å². The largest absolute Gasteiger partial charge is 0.481 e. The number of carbonyl (C=O) groups is 3. The Labute approximate surface area is 117 Å². The van der Waals surface area contributed by atoms with Gasteiger partial charge in [-0.25, -0.2) is 0 Å². The molecule has 0 aromatic rings. The van der Waals surface area contributed by atoms with Crippen LogP contribution in [0.25, 0.3) is 0 Å². The highest BCUT2D eigenvalue weighted by Crippen LogP contribution is 1.96. The van der Waals surface area contributed by atoms with E-state index < -0.39 is 23.9 Å². The fraction of sp³-hybridized carbons (Fsp3) is 0.700. The van der Waals surface area contributed by atoms with E-state index in [0.717, 1.165) is 12.8 Å². The molecule has 19 heavy (non-hydrogen) atoms. The van der Waals surface area contributed by atoms with E-state index in [4.69, 9.17) is 26.8 Å². The number of hydrogen-bond donors (Lipinski definition) is 5. The highest BCUT2D eigenvalue weighted by atomic mass is 35.5. The van der Waals surface area contributed by atoms with Crippen LogP contribution in [0.3, 0.4) is 0 Å². The van der Waals surface area contributed by atoms with Gasteiger partial charge in [-0.1, -0.05) is 6.42 Å². The van der Waals surface area contributed by atoms with E-state index in [9.17, 15) is 14.4 Å². The predicted octanol–water partition coefficient (Wildman–Crippen LogP) is -0.115. The summed E-state index contributed by atoms with van der Waals surface area (Å²) in [5.41, 5.74) is 10.4. The summed E-state index contributed by atoms with van der Waals surface area (Å²) in [5, 5.41) is 24.1. The topological polar surface area (TPSA) is 164 Å². The van der Waals surface area contributed by atoms with Gasteiger partial charge in [-0.2, -0.15) is 0 Å². The standard InChI is InChI=1S/C6H14N2O2.C4H6O4.ClH/c7-4-2-1-3-5(8)6(9)10;5-3(6)1-2-4(7)8;/h5H,1-4,7-8H2,(H,9,10);1-2H2,(H,5,6)(H,7,8);1H. The van der Waals surface area contributed by atoms with Crippen LogP contribution in [-0.4, -0.2) is 45.8 Å². The highest BCUT2D eigenvalue weighted by molar-refractivity contribution is 5.85.